The standard InChI is InChI=1S/C17H23N3O2/c1-20-15-7-6-12(10-13(15)11-16(20)21)8-9-18-17(22)19-14-4-2-3-5-14/h6-7,10,14H,2-5,8-9,11H2,1H3,(H2,18,19,22). The summed E-state index contributed by atoms with van der Waals surface area (Å²) in [6.45, 7) is 0.612. The number of amides is 3. The van der Waals surface area contributed by atoms with E-state index in [0.717, 1.165) is 36.1 Å². The predicted molar refractivity (Wildman–Crippen MR) is 86.1 cm³/mol. The van der Waals surface area contributed by atoms with Crippen molar-refractivity contribution in [3.8, 4) is 0 Å². The van der Waals surface area contributed by atoms with Gasteiger partial charge in [-0.3, -0.25) is 4.79 Å². The topological polar surface area (TPSA) is 61.4 Å². The summed E-state index contributed by atoms with van der Waals surface area (Å²) >= 11 is 0. The molecule has 0 unspecified atom stereocenters. The van der Waals surface area contributed by atoms with Crippen LogP contribution < -0.4 is 15.5 Å². The molecule has 2 N–H and O–H groups in total. The van der Waals surface area contributed by atoms with Crippen molar-refractivity contribution in [3.05, 3.63) is 29.3 Å². The van der Waals surface area contributed by atoms with Crippen molar-refractivity contribution in [1.29, 1.82) is 0 Å². The van der Waals surface area contributed by atoms with Gasteiger partial charge in [0.1, 0.15) is 0 Å². The Morgan fingerprint density at radius 2 is 2.09 bits per heavy atom. The zero-order valence-corrected chi connectivity index (χ0v) is 13.0. The lowest BCUT2D eigenvalue weighted by atomic mass is 10.1. The second-order valence-corrected chi connectivity index (χ2v) is 6.22. The third-order valence-corrected chi connectivity index (χ3v) is 4.61. The van der Waals surface area contributed by atoms with Gasteiger partial charge in [0.15, 0.2) is 0 Å². The predicted octanol–water partition coefficient (Wildman–Crippen LogP) is 1.99. The summed E-state index contributed by atoms with van der Waals surface area (Å²) in [5.41, 5.74) is 3.24. The quantitative estimate of drug-likeness (QED) is 0.893. The number of nitrogens with one attached hydrogen (secondary N) is 2. The number of benzene rings is 1. The second kappa shape index (κ2) is 6.38. The van der Waals surface area contributed by atoms with Crippen LogP contribution in [0.5, 0.6) is 0 Å². The van der Waals surface area contributed by atoms with Crippen molar-refractivity contribution in [2.45, 2.75) is 44.6 Å². The van der Waals surface area contributed by atoms with Crippen molar-refractivity contribution in [1.82, 2.24) is 10.6 Å². The average Bonchev–Trinajstić information content (AvgIpc) is 3.08. The first-order valence-corrected chi connectivity index (χ1v) is 8.06. The van der Waals surface area contributed by atoms with Gasteiger partial charge in [-0.25, -0.2) is 4.79 Å². The molecule has 2 aliphatic rings. The highest BCUT2D eigenvalue weighted by Crippen LogP contribution is 2.28. The number of urea groups is 1. The Kier molecular flexibility index (Phi) is 4.32. The number of hydrogen-bond acceptors (Lipinski definition) is 2. The van der Waals surface area contributed by atoms with Crippen LogP contribution >= 0.6 is 0 Å². The lowest BCUT2D eigenvalue weighted by Gasteiger charge is -2.13. The molecule has 1 aliphatic carbocycles. The van der Waals surface area contributed by atoms with Crippen molar-refractivity contribution >= 4 is 17.6 Å². The number of anilines is 1. The summed E-state index contributed by atoms with van der Waals surface area (Å²) in [6.07, 6.45) is 5.89. The summed E-state index contributed by atoms with van der Waals surface area (Å²) in [7, 11) is 1.81. The third-order valence-electron chi connectivity index (χ3n) is 4.61. The van der Waals surface area contributed by atoms with E-state index in [1.54, 1.807) is 4.90 Å². The van der Waals surface area contributed by atoms with Crippen LogP contribution in [0, 0.1) is 0 Å². The summed E-state index contributed by atoms with van der Waals surface area (Å²) in [5.74, 6) is 0.140. The molecule has 0 atom stereocenters. The molecular weight excluding hydrogens is 278 g/mol. The molecule has 0 aromatic heterocycles. The van der Waals surface area contributed by atoms with Crippen molar-refractivity contribution < 1.29 is 9.59 Å². The van der Waals surface area contributed by atoms with Gasteiger partial charge in [0.25, 0.3) is 0 Å². The highest BCUT2D eigenvalue weighted by molar-refractivity contribution is 6.00. The number of hydrogen-bond donors (Lipinski definition) is 2. The van der Waals surface area contributed by atoms with Crippen LogP contribution in [0.4, 0.5) is 10.5 Å². The van der Waals surface area contributed by atoms with Gasteiger partial charge >= 0.3 is 6.03 Å². The maximum atomic E-state index is 11.8. The fourth-order valence-corrected chi connectivity index (χ4v) is 3.31. The van der Waals surface area contributed by atoms with Crippen LogP contribution in [0.25, 0.3) is 0 Å². The van der Waals surface area contributed by atoms with E-state index in [-0.39, 0.29) is 11.9 Å². The van der Waals surface area contributed by atoms with Gasteiger partial charge in [0.05, 0.1) is 6.42 Å². The molecule has 5 nitrogen and oxygen atoms in total. The Balaban J connectivity index is 1.47. The Morgan fingerprint density at radius 1 is 1.32 bits per heavy atom. The largest absolute Gasteiger partial charge is 0.338 e. The Morgan fingerprint density at radius 3 is 2.86 bits per heavy atom. The lowest BCUT2D eigenvalue weighted by molar-refractivity contribution is -0.117. The smallest absolute Gasteiger partial charge is 0.315 e. The molecular formula is C17H23N3O2. The first-order valence-electron chi connectivity index (χ1n) is 8.06. The van der Waals surface area contributed by atoms with Crippen molar-refractivity contribution in [2.24, 2.45) is 0 Å². The van der Waals surface area contributed by atoms with Crippen LogP contribution in [0.15, 0.2) is 18.2 Å². The molecule has 1 aliphatic heterocycles. The zero-order valence-electron chi connectivity index (χ0n) is 13.0. The van der Waals surface area contributed by atoms with Gasteiger partial charge in [-0.2, -0.15) is 0 Å². The maximum Gasteiger partial charge on any atom is 0.315 e. The van der Waals surface area contributed by atoms with E-state index in [1.165, 1.54) is 12.8 Å². The van der Waals surface area contributed by atoms with Crippen molar-refractivity contribution in [2.75, 3.05) is 18.5 Å². The SMILES string of the molecule is CN1C(=O)Cc2cc(CCNC(=O)NC3CCCC3)ccc21. The Labute approximate surface area is 131 Å². The molecule has 5 heteroatoms. The number of nitrogens with zero attached hydrogens (tertiary/aromatic N) is 1. The second-order valence-electron chi connectivity index (χ2n) is 6.22. The molecule has 3 rings (SSSR count). The van der Waals surface area contributed by atoms with Gasteiger partial charge in [0, 0.05) is 25.3 Å². The van der Waals surface area contributed by atoms with E-state index in [1.807, 2.05) is 19.2 Å². The summed E-state index contributed by atoms with van der Waals surface area (Å²) in [4.78, 5) is 25.2. The van der Waals surface area contributed by atoms with Crippen LogP contribution in [0.3, 0.4) is 0 Å². The number of carbonyl (C=O) groups is 2. The molecule has 3 amide bonds. The van der Waals surface area contributed by atoms with Crippen molar-refractivity contribution in [3.63, 3.8) is 0 Å². The molecule has 22 heavy (non-hydrogen) atoms. The normalized spacial score (nSPS) is 17.7. The highest BCUT2D eigenvalue weighted by Gasteiger charge is 2.23. The summed E-state index contributed by atoms with van der Waals surface area (Å²) in [5, 5.41) is 5.93. The van der Waals surface area contributed by atoms with Gasteiger partial charge in [0.2, 0.25) is 5.91 Å². The summed E-state index contributed by atoms with van der Waals surface area (Å²) < 4.78 is 0. The number of carbonyl (C=O) groups excluding carboxylic acids is 2. The zero-order chi connectivity index (χ0) is 15.5. The molecule has 1 aromatic rings. The third kappa shape index (κ3) is 3.24. The number of rotatable bonds is 4. The molecule has 0 radical (unpaired) electrons. The monoisotopic (exact) mass is 301 g/mol. The molecule has 1 heterocycles. The van der Waals surface area contributed by atoms with E-state index in [4.69, 9.17) is 0 Å². The molecule has 1 saturated carbocycles. The van der Waals surface area contributed by atoms with Crippen LogP contribution in [-0.4, -0.2) is 31.6 Å². The molecule has 0 bridgehead atoms. The first-order chi connectivity index (χ1) is 10.6. The lowest BCUT2D eigenvalue weighted by Crippen LogP contribution is -2.41. The highest BCUT2D eigenvalue weighted by atomic mass is 16.2. The first kappa shape index (κ1) is 14.9. The minimum atomic E-state index is -0.0667. The van der Waals surface area contributed by atoms with E-state index >= 15 is 0 Å². The average molecular weight is 301 g/mol. The van der Waals surface area contributed by atoms with Crippen LogP contribution in [-0.2, 0) is 17.6 Å². The van der Waals surface area contributed by atoms with Gasteiger partial charge in [-0.05, 0) is 36.5 Å². The number of fused-ring (bicyclic) bond motifs is 1. The fourth-order valence-electron chi connectivity index (χ4n) is 3.31. The minimum absolute atomic E-state index is 0.0667. The van der Waals surface area contributed by atoms with E-state index in [9.17, 15) is 9.59 Å². The van der Waals surface area contributed by atoms with Gasteiger partial charge < -0.3 is 15.5 Å². The molecule has 1 fully saturated rings. The summed E-state index contributed by atoms with van der Waals surface area (Å²) in [6, 6.07) is 6.39. The molecule has 0 spiro atoms. The Bertz CT molecular complexity index is 579. The van der Waals surface area contributed by atoms with Gasteiger partial charge in [-0.15, -0.1) is 0 Å². The molecule has 0 saturated heterocycles. The van der Waals surface area contributed by atoms with E-state index < -0.39 is 0 Å². The molecule has 118 valence electrons. The van der Waals surface area contributed by atoms with E-state index in [0.29, 0.717) is 19.0 Å². The van der Waals surface area contributed by atoms with Crippen LogP contribution in [0.2, 0.25) is 0 Å². The minimum Gasteiger partial charge on any atom is -0.338 e. The van der Waals surface area contributed by atoms with Crippen LogP contribution in [0.1, 0.15) is 36.8 Å². The molecule has 1 aromatic carbocycles. The van der Waals surface area contributed by atoms with Gasteiger partial charge in [-0.1, -0.05) is 25.0 Å². The maximum absolute atomic E-state index is 11.8. The fraction of sp³-hybridized carbons (Fsp3) is 0.529. The van der Waals surface area contributed by atoms with E-state index in [2.05, 4.69) is 16.7 Å². The number of likely N-dealkylation sites (N-methyl/N-ethyl adjacent to an activating group) is 1. The Hall–Kier alpha value is -2.04.